The topological polar surface area (TPSA) is 71.0 Å². The van der Waals surface area contributed by atoms with E-state index in [-0.39, 0.29) is 0 Å². The van der Waals surface area contributed by atoms with Crippen molar-refractivity contribution in [2.24, 2.45) is 5.92 Å². The van der Waals surface area contributed by atoms with Crippen LogP contribution in [0.15, 0.2) is 18.2 Å². The summed E-state index contributed by atoms with van der Waals surface area (Å²) in [6, 6.07) is 5.33. The van der Waals surface area contributed by atoms with Crippen molar-refractivity contribution in [3.05, 3.63) is 18.2 Å². The maximum absolute atomic E-state index is 11.3. The van der Waals surface area contributed by atoms with Gasteiger partial charge in [-0.15, -0.1) is 0 Å². The Morgan fingerprint density at radius 2 is 2.22 bits per heavy atom. The number of nitrogens with one attached hydrogen (secondary N) is 1. The number of aliphatic carboxylic acids is 1. The number of ether oxygens (including phenoxy) is 2. The molecule has 23 heavy (non-hydrogen) atoms. The molecule has 1 aromatic carbocycles. The molecule has 0 spiro atoms. The van der Waals surface area contributed by atoms with Crippen molar-refractivity contribution in [3.63, 3.8) is 0 Å². The summed E-state index contributed by atoms with van der Waals surface area (Å²) in [5.74, 6) is 1.14. The first-order chi connectivity index (χ1) is 11.1. The Morgan fingerprint density at radius 1 is 1.43 bits per heavy atom. The van der Waals surface area contributed by atoms with Crippen molar-refractivity contribution in [1.29, 1.82) is 0 Å². The largest absolute Gasteiger partial charge is 0.497 e. The van der Waals surface area contributed by atoms with Crippen LogP contribution in [0.25, 0.3) is 0 Å². The van der Waals surface area contributed by atoms with E-state index in [1.165, 1.54) is 0 Å². The van der Waals surface area contributed by atoms with Gasteiger partial charge in [-0.2, -0.15) is 0 Å². The van der Waals surface area contributed by atoms with Crippen molar-refractivity contribution in [1.82, 2.24) is 5.32 Å². The molecule has 1 saturated heterocycles. The molecule has 2 N–H and O–H groups in total. The van der Waals surface area contributed by atoms with Gasteiger partial charge in [-0.25, -0.2) is 0 Å². The molecule has 2 rings (SSSR count). The van der Waals surface area contributed by atoms with Gasteiger partial charge in [0.15, 0.2) is 0 Å². The van der Waals surface area contributed by atoms with Crippen LogP contribution >= 0.6 is 0 Å². The third kappa shape index (κ3) is 4.28. The van der Waals surface area contributed by atoms with Crippen molar-refractivity contribution in [2.75, 3.05) is 38.8 Å². The van der Waals surface area contributed by atoms with Crippen LogP contribution in [0, 0.1) is 5.92 Å². The molecule has 1 aliphatic heterocycles. The first kappa shape index (κ1) is 17.4. The molecule has 1 aliphatic rings. The minimum atomic E-state index is -0.771. The molecular formula is C17H26N2O4. The predicted octanol–water partition coefficient (Wildman–Crippen LogP) is 1.98. The molecule has 2 unspecified atom stereocenters. The molecule has 0 bridgehead atoms. The number of carboxylic acids is 1. The van der Waals surface area contributed by atoms with E-state index in [0.717, 1.165) is 36.7 Å². The van der Waals surface area contributed by atoms with Gasteiger partial charge in [-0.05, 0) is 37.4 Å². The van der Waals surface area contributed by atoms with Gasteiger partial charge in [-0.3, -0.25) is 4.79 Å². The molecule has 0 aromatic heterocycles. The molecule has 0 saturated carbocycles. The highest BCUT2D eigenvalue weighted by Gasteiger charge is 2.29. The van der Waals surface area contributed by atoms with Gasteiger partial charge in [0, 0.05) is 19.2 Å². The third-order valence-corrected chi connectivity index (χ3v) is 4.33. The molecule has 6 nitrogen and oxygen atoms in total. The lowest BCUT2D eigenvalue weighted by atomic mass is 9.99. The Kier molecular flexibility index (Phi) is 6.10. The molecule has 2 atom stereocenters. The molecule has 1 fully saturated rings. The smallest absolute Gasteiger partial charge is 0.320 e. The van der Waals surface area contributed by atoms with Crippen LogP contribution in [0.4, 0.5) is 5.69 Å². The maximum atomic E-state index is 11.3. The number of methoxy groups -OCH3 is 2. The summed E-state index contributed by atoms with van der Waals surface area (Å²) in [6.45, 7) is 4.35. The third-order valence-electron chi connectivity index (χ3n) is 4.33. The summed E-state index contributed by atoms with van der Waals surface area (Å²) in [5, 5.41) is 12.3. The fourth-order valence-electron chi connectivity index (χ4n) is 3.14. The van der Waals surface area contributed by atoms with Gasteiger partial charge in [0.25, 0.3) is 0 Å². The second-order valence-corrected chi connectivity index (χ2v) is 5.82. The van der Waals surface area contributed by atoms with E-state index in [1.54, 1.807) is 14.2 Å². The Bertz CT molecular complexity index is 535. The monoisotopic (exact) mass is 322 g/mol. The summed E-state index contributed by atoms with van der Waals surface area (Å²) >= 11 is 0. The first-order valence-electron chi connectivity index (χ1n) is 8.02. The molecule has 1 heterocycles. The van der Waals surface area contributed by atoms with Gasteiger partial charge >= 0.3 is 5.97 Å². The van der Waals surface area contributed by atoms with Crippen LogP contribution in [0.3, 0.4) is 0 Å². The number of hydrogen-bond acceptors (Lipinski definition) is 5. The maximum Gasteiger partial charge on any atom is 0.320 e. The normalized spacial score (nSPS) is 18.7. The van der Waals surface area contributed by atoms with E-state index in [4.69, 9.17) is 9.47 Å². The van der Waals surface area contributed by atoms with Crippen LogP contribution in [-0.2, 0) is 4.79 Å². The first-order valence-corrected chi connectivity index (χ1v) is 8.02. The summed E-state index contributed by atoms with van der Waals surface area (Å²) < 4.78 is 10.7. The number of likely N-dealkylation sites (N-methyl/N-ethyl adjacent to an activating group) is 1. The van der Waals surface area contributed by atoms with Gasteiger partial charge in [0.05, 0.1) is 19.9 Å². The summed E-state index contributed by atoms with van der Waals surface area (Å²) in [6.07, 6.45) is 1.64. The van der Waals surface area contributed by atoms with E-state index < -0.39 is 12.0 Å². The van der Waals surface area contributed by atoms with Gasteiger partial charge in [0.2, 0.25) is 0 Å². The minimum absolute atomic E-state index is 0.363. The number of carbonyl (C=O) groups is 1. The van der Waals surface area contributed by atoms with Crippen LogP contribution in [0.2, 0.25) is 0 Å². The van der Waals surface area contributed by atoms with Crippen molar-refractivity contribution in [2.45, 2.75) is 25.8 Å². The zero-order chi connectivity index (χ0) is 16.8. The molecule has 0 radical (unpaired) electrons. The van der Waals surface area contributed by atoms with Gasteiger partial charge in [0.1, 0.15) is 17.5 Å². The molecular weight excluding hydrogens is 296 g/mol. The number of hydrogen-bond donors (Lipinski definition) is 2. The van der Waals surface area contributed by atoms with Crippen molar-refractivity contribution >= 4 is 11.7 Å². The van der Waals surface area contributed by atoms with Gasteiger partial charge in [-0.1, -0.05) is 6.92 Å². The predicted molar refractivity (Wildman–Crippen MR) is 89.6 cm³/mol. The van der Waals surface area contributed by atoms with Gasteiger partial charge < -0.3 is 24.8 Å². The zero-order valence-electron chi connectivity index (χ0n) is 14.0. The fourth-order valence-corrected chi connectivity index (χ4v) is 3.14. The fraction of sp³-hybridized carbons (Fsp3) is 0.588. The number of anilines is 1. The highest BCUT2D eigenvalue weighted by Crippen LogP contribution is 2.35. The highest BCUT2D eigenvalue weighted by molar-refractivity contribution is 5.73. The quantitative estimate of drug-likeness (QED) is 0.763. The number of rotatable bonds is 8. The van der Waals surface area contributed by atoms with E-state index in [2.05, 4.69) is 10.2 Å². The lowest BCUT2D eigenvalue weighted by molar-refractivity contribution is -0.139. The number of carboxylic acid groups (broad SMARTS) is 1. The molecule has 6 heteroatoms. The van der Waals surface area contributed by atoms with Crippen molar-refractivity contribution in [3.8, 4) is 11.5 Å². The lowest BCUT2D eigenvalue weighted by Gasteiger charge is -2.22. The van der Waals surface area contributed by atoms with Crippen LogP contribution in [-0.4, -0.2) is 51.0 Å². The standard InChI is InChI=1S/C17H26N2O4/c1-4-18-14(17(20)21)9-12-7-8-19(11-12)15-6-5-13(22-2)10-16(15)23-3/h5-6,10,12,14,18H,4,7-9,11H2,1-3H3,(H,20,21). The summed E-state index contributed by atoms with van der Waals surface area (Å²) in [4.78, 5) is 13.5. The van der Waals surface area contributed by atoms with E-state index in [1.807, 2.05) is 25.1 Å². The Morgan fingerprint density at radius 3 is 2.83 bits per heavy atom. The Balaban J connectivity index is 2.03. The SMILES string of the molecule is CCNC(CC1CCN(c2ccc(OC)cc2OC)C1)C(=O)O. The molecule has 0 aliphatic carbocycles. The molecule has 1 aromatic rings. The van der Waals surface area contributed by atoms with Crippen LogP contribution in [0.5, 0.6) is 11.5 Å². The number of benzene rings is 1. The average Bonchev–Trinajstić information content (AvgIpc) is 3.02. The lowest BCUT2D eigenvalue weighted by Crippen LogP contribution is -2.38. The molecule has 0 amide bonds. The zero-order valence-corrected chi connectivity index (χ0v) is 14.0. The second-order valence-electron chi connectivity index (χ2n) is 5.82. The highest BCUT2D eigenvalue weighted by atomic mass is 16.5. The van der Waals surface area contributed by atoms with Crippen LogP contribution < -0.4 is 19.7 Å². The molecule has 128 valence electrons. The Labute approximate surface area is 137 Å². The van der Waals surface area contributed by atoms with E-state index in [9.17, 15) is 9.90 Å². The summed E-state index contributed by atoms with van der Waals surface area (Å²) in [5.41, 5.74) is 1.03. The van der Waals surface area contributed by atoms with Crippen LogP contribution in [0.1, 0.15) is 19.8 Å². The van der Waals surface area contributed by atoms with E-state index in [0.29, 0.717) is 18.9 Å². The Hall–Kier alpha value is -1.95. The average molecular weight is 322 g/mol. The van der Waals surface area contributed by atoms with Crippen molar-refractivity contribution < 1.29 is 19.4 Å². The second kappa shape index (κ2) is 8.06. The summed E-state index contributed by atoms with van der Waals surface area (Å²) in [7, 11) is 3.28. The number of nitrogens with zero attached hydrogens (tertiary/aromatic N) is 1. The van der Waals surface area contributed by atoms with E-state index >= 15 is 0 Å². The minimum Gasteiger partial charge on any atom is -0.497 e.